The Morgan fingerprint density at radius 1 is 1.29 bits per heavy atom. The van der Waals surface area contributed by atoms with Crippen molar-refractivity contribution in [2.45, 2.75) is 13.3 Å². The quantitative estimate of drug-likeness (QED) is 0.277. The topological polar surface area (TPSA) is 62.4 Å². The molecular formula is C22H26N4O2. The van der Waals surface area contributed by atoms with Gasteiger partial charge in [-0.3, -0.25) is 4.40 Å². The van der Waals surface area contributed by atoms with Gasteiger partial charge in [0.15, 0.2) is 0 Å². The van der Waals surface area contributed by atoms with Crippen molar-refractivity contribution >= 4 is 29.0 Å². The molecule has 3 rings (SSSR count). The third kappa shape index (κ3) is 4.40. The van der Waals surface area contributed by atoms with Crippen molar-refractivity contribution in [1.82, 2.24) is 14.3 Å². The fourth-order valence-corrected chi connectivity index (χ4v) is 2.97. The monoisotopic (exact) mass is 378 g/mol. The highest BCUT2D eigenvalue weighted by atomic mass is 16.5. The summed E-state index contributed by atoms with van der Waals surface area (Å²) in [6.45, 7) is 7.16. The smallest absolute Gasteiger partial charge is 0.212 e. The summed E-state index contributed by atoms with van der Waals surface area (Å²) in [6, 6.07) is 9.31. The molecule has 0 fully saturated rings. The van der Waals surface area contributed by atoms with Crippen LogP contribution in [0, 0.1) is 0 Å². The number of aromatic nitrogens is 2. The van der Waals surface area contributed by atoms with Crippen molar-refractivity contribution in [2.75, 3.05) is 27.2 Å². The number of pyridine rings is 1. The Balaban J connectivity index is 1.82. The summed E-state index contributed by atoms with van der Waals surface area (Å²) in [5.41, 5.74) is 4.32. The molecule has 0 unspecified atom stereocenters. The molecule has 0 spiro atoms. The first-order valence-electron chi connectivity index (χ1n) is 9.22. The number of phenols is 1. The number of imidazole rings is 1. The molecule has 2 aromatic heterocycles. The van der Waals surface area contributed by atoms with Crippen LogP contribution >= 0.6 is 0 Å². The van der Waals surface area contributed by atoms with Crippen LogP contribution in [0.25, 0.3) is 22.3 Å². The standard InChI is InChI=1S/C22H26N4O2/c1-16(9-12-21(23-2)28-14-6-13-25(3)4)17-10-11-20-24-18-7-5-8-19(27)22(18)26(20)15-17/h5,7-12,15,27H,2,6,13-14H2,1,3-4H3/b16-9+,21-12+. The number of benzene rings is 1. The molecule has 1 N–H and O–H groups in total. The van der Waals surface area contributed by atoms with E-state index in [1.165, 1.54) is 0 Å². The van der Waals surface area contributed by atoms with Crippen LogP contribution in [0.15, 0.2) is 59.6 Å². The number of para-hydroxylation sites is 1. The van der Waals surface area contributed by atoms with Crippen LogP contribution in [0.3, 0.4) is 0 Å². The third-order valence-corrected chi connectivity index (χ3v) is 4.48. The van der Waals surface area contributed by atoms with E-state index in [1.54, 1.807) is 12.1 Å². The van der Waals surface area contributed by atoms with Gasteiger partial charge < -0.3 is 14.7 Å². The van der Waals surface area contributed by atoms with Crippen LogP contribution in [-0.2, 0) is 4.74 Å². The van der Waals surface area contributed by atoms with Crippen molar-refractivity contribution < 1.29 is 9.84 Å². The molecule has 0 aliphatic heterocycles. The molecule has 0 saturated carbocycles. The third-order valence-electron chi connectivity index (χ3n) is 4.48. The van der Waals surface area contributed by atoms with E-state index in [-0.39, 0.29) is 5.75 Å². The van der Waals surface area contributed by atoms with Gasteiger partial charge in [-0.05, 0) is 69.6 Å². The number of allylic oxidation sites excluding steroid dienone is 3. The molecule has 28 heavy (non-hydrogen) atoms. The van der Waals surface area contributed by atoms with Gasteiger partial charge in [0.1, 0.15) is 16.9 Å². The average molecular weight is 378 g/mol. The molecule has 0 amide bonds. The Morgan fingerprint density at radius 3 is 2.86 bits per heavy atom. The molecule has 0 atom stereocenters. The lowest BCUT2D eigenvalue weighted by molar-refractivity contribution is 0.195. The molecule has 0 radical (unpaired) electrons. The van der Waals surface area contributed by atoms with Gasteiger partial charge in [0.2, 0.25) is 5.88 Å². The predicted molar refractivity (Wildman–Crippen MR) is 115 cm³/mol. The second-order valence-electron chi connectivity index (χ2n) is 6.92. The largest absolute Gasteiger partial charge is 0.506 e. The maximum atomic E-state index is 10.2. The number of hydrogen-bond acceptors (Lipinski definition) is 5. The summed E-state index contributed by atoms with van der Waals surface area (Å²) < 4.78 is 7.58. The summed E-state index contributed by atoms with van der Waals surface area (Å²) in [4.78, 5) is 10.6. The highest BCUT2D eigenvalue weighted by molar-refractivity contribution is 5.86. The van der Waals surface area contributed by atoms with Gasteiger partial charge in [-0.25, -0.2) is 9.98 Å². The van der Waals surface area contributed by atoms with Gasteiger partial charge in [0.05, 0.1) is 12.1 Å². The van der Waals surface area contributed by atoms with Crippen molar-refractivity contribution in [1.29, 1.82) is 0 Å². The molecule has 3 aromatic rings. The number of fused-ring (bicyclic) bond motifs is 3. The lowest BCUT2D eigenvalue weighted by atomic mass is 10.1. The minimum absolute atomic E-state index is 0.216. The summed E-state index contributed by atoms with van der Waals surface area (Å²) in [6.07, 6.45) is 6.68. The zero-order valence-corrected chi connectivity index (χ0v) is 16.6. The van der Waals surface area contributed by atoms with E-state index < -0.39 is 0 Å². The molecule has 6 heteroatoms. The predicted octanol–water partition coefficient (Wildman–Crippen LogP) is 4.11. The Kier molecular flexibility index (Phi) is 6.11. The summed E-state index contributed by atoms with van der Waals surface area (Å²) in [5.74, 6) is 0.720. The maximum absolute atomic E-state index is 10.2. The minimum Gasteiger partial charge on any atom is -0.506 e. The zero-order valence-electron chi connectivity index (χ0n) is 16.6. The number of nitrogens with zero attached hydrogens (tertiary/aromatic N) is 4. The van der Waals surface area contributed by atoms with E-state index >= 15 is 0 Å². The molecule has 0 bridgehead atoms. The fourth-order valence-electron chi connectivity index (χ4n) is 2.97. The number of rotatable bonds is 8. The second-order valence-corrected chi connectivity index (χ2v) is 6.92. The van der Waals surface area contributed by atoms with Crippen molar-refractivity contribution in [2.24, 2.45) is 4.99 Å². The van der Waals surface area contributed by atoms with Gasteiger partial charge >= 0.3 is 0 Å². The highest BCUT2D eigenvalue weighted by Gasteiger charge is 2.09. The van der Waals surface area contributed by atoms with Gasteiger partial charge in [0, 0.05) is 18.8 Å². The molecule has 1 aromatic carbocycles. The van der Waals surface area contributed by atoms with Crippen molar-refractivity contribution in [3.05, 3.63) is 60.1 Å². The van der Waals surface area contributed by atoms with Crippen LogP contribution in [0.1, 0.15) is 18.9 Å². The lowest BCUT2D eigenvalue weighted by Gasteiger charge is -2.10. The molecule has 2 heterocycles. The van der Waals surface area contributed by atoms with Crippen LogP contribution in [-0.4, -0.2) is 53.4 Å². The SMILES string of the molecule is C=N/C(=C\C=C(/C)c1ccc2nc3cccc(O)c3n2c1)OCCCN(C)C. The maximum Gasteiger partial charge on any atom is 0.212 e. The second kappa shape index (κ2) is 8.71. The van der Waals surface area contributed by atoms with Crippen LogP contribution < -0.4 is 0 Å². The molecular weight excluding hydrogens is 352 g/mol. The van der Waals surface area contributed by atoms with Crippen molar-refractivity contribution in [3.8, 4) is 5.75 Å². The number of phenolic OH excluding ortho intramolecular Hbond substituents is 1. The van der Waals surface area contributed by atoms with Gasteiger partial charge in [-0.2, -0.15) is 0 Å². The highest BCUT2D eigenvalue weighted by Crippen LogP contribution is 2.27. The van der Waals surface area contributed by atoms with Gasteiger partial charge in [-0.15, -0.1) is 0 Å². The number of aromatic hydroxyl groups is 1. The molecule has 0 aliphatic rings. The van der Waals surface area contributed by atoms with Gasteiger partial charge in [-0.1, -0.05) is 12.1 Å². The zero-order chi connectivity index (χ0) is 20.1. The molecule has 146 valence electrons. The Hall–Kier alpha value is -3.12. The van der Waals surface area contributed by atoms with Crippen molar-refractivity contribution in [3.63, 3.8) is 0 Å². The first kappa shape index (κ1) is 19.6. The number of hydrogen-bond donors (Lipinski definition) is 1. The first-order valence-corrected chi connectivity index (χ1v) is 9.22. The van der Waals surface area contributed by atoms with Gasteiger partial charge in [0.25, 0.3) is 0 Å². The van der Waals surface area contributed by atoms with Crippen LogP contribution in [0.2, 0.25) is 0 Å². The molecule has 6 nitrogen and oxygen atoms in total. The van der Waals surface area contributed by atoms with E-state index in [1.807, 2.05) is 62.0 Å². The molecule has 0 aliphatic carbocycles. The fraction of sp³-hybridized carbons (Fsp3) is 0.273. The lowest BCUT2D eigenvalue weighted by Crippen LogP contribution is -2.14. The number of aliphatic imine (C=N–C) groups is 1. The Morgan fingerprint density at radius 2 is 2.11 bits per heavy atom. The Labute approximate surface area is 165 Å². The summed E-state index contributed by atoms with van der Waals surface area (Å²) >= 11 is 0. The summed E-state index contributed by atoms with van der Waals surface area (Å²) in [7, 11) is 4.07. The number of ether oxygens (including phenoxy) is 1. The van der Waals surface area contributed by atoms with E-state index in [4.69, 9.17) is 4.74 Å². The Bertz CT molecular complexity index is 1050. The van der Waals surface area contributed by atoms with Crippen LogP contribution in [0.4, 0.5) is 0 Å². The summed E-state index contributed by atoms with van der Waals surface area (Å²) in [5, 5.41) is 10.2. The normalized spacial score (nSPS) is 12.9. The average Bonchev–Trinajstić information content (AvgIpc) is 3.06. The first-order chi connectivity index (χ1) is 13.5. The molecule has 0 saturated heterocycles. The van der Waals surface area contributed by atoms with E-state index in [2.05, 4.69) is 21.6 Å². The minimum atomic E-state index is 0.216. The van der Waals surface area contributed by atoms with E-state index in [0.29, 0.717) is 18.0 Å². The van der Waals surface area contributed by atoms with E-state index in [0.717, 1.165) is 35.3 Å². The van der Waals surface area contributed by atoms with E-state index in [9.17, 15) is 5.11 Å². The van der Waals surface area contributed by atoms with Crippen LogP contribution in [0.5, 0.6) is 5.75 Å².